The van der Waals surface area contributed by atoms with E-state index < -0.39 is 11.5 Å². The quantitative estimate of drug-likeness (QED) is 0.644. The van der Waals surface area contributed by atoms with Crippen LogP contribution < -0.4 is 0 Å². The molecule has 2 nitrogen and oxygen atoms in total. The highest BCUT2D eigenvalue weighted by atomic mass is 35.5. The van der Waals surface area contributed by atoms with E-state index in [1.54, 1.807) is 18.2 Å². The summed E-state index contributed by atoms with van der Waals surface area (Å²) in [6.45, 7) is 0. The second-order valence-electron chi connectivity index (χ2n) is 3.17. The first-order valence-corrected chi connectivity index (χ1v) is 4.59. The third kappa shape index (κ3) is 1.36. The molecule has 2 rings (SSSR count). The molecule has 0 unspecified atom stereocenters. The van der Waals surface area contributed by atoms with Crippen LogP contribution in [-0.2, 0) is 0 Å². The number of Topliss-reactive ketones (excluding diaryl/α,β-unsaturated/α-hetero) is 1. The van der Waals surface area contributed by atoms with Crippen LogP contribution in [0.2, 0.25) is 0 Å². The van der Waals surface area contributed by atoms with Gasteiger partial charge < -0.3 is 5.11 Å². The zero-order chi connectivity index (χ0) is 9.42. The van der Waals surface area contributed by atoms with Crippen molar-refractivity contribution in [2.75, 3.05) is 0 Å². The molecule has 1 aliphatic rings. The Hall–Kier alpha value is -0.860. The number of aliphatic hydroxyl groups excluding tert-OH is 1. The Morgan fingerprint density at radius 1 is 1.38 bits per heavy atom. The number of hydrogen-bond acceptors (Lipinski definition) is 2. The number of alkyl halides is 1. The van der Waals surface area contributed by atoms with Crippen LogP contribution in [-0.4, -0.2) is 16.3 Å². The van der Waals surface area contributed by atoms with Gasteiger partial charge in [0.05, 0.1) is 11.5 Å². The van der Waals surface area contributed by atoms with Gasteiger partial charge in [-0.05, 0) is 5.56 Å². The minimum atomic E-state index is -0.601. The van der Waals surface area contributed by atoms with Gasteiger partial charge in [-0.15, -0.1) is 11.6 Å². The normalized spacial score (nSPS) is 27.1. The molecule has 0 aromatic heterocycles. The maximum Gasteiger partial charge on any atom is 0.181 e. The van der Waals surface area contributed by atoms with E-state index in [1.165, 1.54) is 0 Å². The highest BCUT2D eigenvalue weighted by molar-refractivity contribution is 6.34. The monoisotopic (exact) mass is 196 g/mol. The smallest absolute Gasteiger partial charge is 0.181 e. The molecule has 1 N–H and O–H groups in total. The topological polar surface area (TPSA) is 37.3 Å². The van der Waals surface area contributed by atoms with E-state index in [1.807, 2.05) is 6.07 Å². The number of aliphatic hydroxyl groups is 1. The van der Waals surface area contributed by atoms with Crippen LogP contribution in [0.5, 0.6) is 0 Å². The molecular formula is C10H9ClO2. The van der Waals surface area contributed by atoms with Gasteiger partial charge in [-0.25, -0.2) is 0 Å². The van der Waals surface area contributed by atoms with Gasteiger partial charge in [0.25, 0.3) is 0 Å². The third-order valence-electron chi connectivity index (χ3n) is 2.30. The zero-order valence-electron chi connectivity index (χ0n) is 6.90. The van der Waals surface area contributed by atoms with Gasteiger partial charge in [-0.1, -0.05) is 24.3 Å². The molecule has 0 bridgehead atoms. The van der Waals surface area contributed by atoms with Gasteiger partial charge in [0.15, 0.2) is 5.78 Å². The highest BCUT2D eigenvalue weighted by Crippen LogP contribution is 2.31. The molecule has 0 amide bonds. The molecule has 0 saturated carbocycles. The van der Waals surface area contributed by atoms with Crippen LogP contribution in [0.25, 0.3) is 0 Å². The maximum absolute atomic E-state index is 11.5. The van der Waals surface area contributed by atoms with Crippen molar-refractivity contribution >= 4 is 17.4 Å². The second-order valence-corrected chi connectivity index (χ2v) is 3.70. The van der Waals surface area contributed by atoms with E-state index in [0.29, 0.717) is 17.5 Å². The number of carbonyl (C=O) groups excluding carboxylic acids is 1. The van der Waals surface area contributed by atoms with Crippen LogP contribution in [0.15, 0.2) is 24.3 Å². The van der Waals surface area contributed by atoms with E-state index in [9.17, 15) is 9.90 Å². The Morgan fingerprint density at radius 3 is 2.85 bits per heavy atom. The van der Waals surface area contributed by atoms with Gasteiger partial charge >= 0.3 is 0 Å². The van der Waals surface area contributed by atoms with E-state index in [2.05, 4.69) is 0 Å². The van der Waals surface area contributed by atoms with Crippen LogP contribution in [0, 0.1) is 0 Å². The summed E-state index contributed by atoms with van der Waals surface area (Å²) in [5.41, 5.74) is 1.26. The molecule has 1 aromatic rings. The maximum atomic E-state index is 11.5. The van der Waals surface area contributed by atoms with Crippen LogP contribution >= 0.6 is 11.6 Å². The van der Waals surface area contributed by atoms with Crippen molar-refractivity contribution in [2.24, 2.45) is 0 Å². The average Bonchev–Trinajstić information content (AvgIpc) is 2.15. The first kappa shape index (κ1) is 8.73. The van der Waals surface area contributed by atoms with Crippen molar-refractivity contribution < 1.29 is 9.90 Å². The molecule has 0 aliphatic heterocycles. The molecule has 1 aliphatic carbocycles. The summed E-state index contributed by atoms with van der Waals surface area (Å²) < 4.78 is 0. The highest BCUT2D eigenvalue weighted by Gasteiger charge is 2.30. The number of halogens is 1. The minimum Gasteiger partial charge on any atom is -0.388 e. The van der Waals surface area contributed by atoms with E-state index in [4.69, 9.17) is 11.6 Å². The first-order chi connectivity index (χ1) is 6.20. The van der Waals surface area contributed by atoms with Gasteiger partial charge in [-0.2, -0.15) is 0 Å². The van der Waals surface area contributed by atoms with Crippen LogP contribution in [0.1, 0.15) is 28.4 Å². The van der Waals surface area contributed by atoms with Gasteiger partial charge in [0.2, 0.25) is 0 Å². The molecular weight excluding hydrogens is 188 g/mol. The SMILES string of the molecule is O=C1c2ccccc2[C@@H](O)C[C@H]1Cl. The predicted octanol–water partition coefficient (Wildman–Crippen LogP) is 1.91. The molecule has 13 heavy (non-hydrogen) atoms. The van der Waals surface area contributed by atoms with E-state index in [-0.39, 0.29) is 5.78 Å². The van der Waals surface area contributed by atoms with Crippen molar-refractivity contribution in [3.05, 3.63) is 35.4 Å². The summed E-state index contributed by atoms with van der Waals surface area (Å²) in [5, 5.41) is 9.03. The average molecular weight is 197 g/mol. The lowest BCUT2D eigenvalue weighted by molar-refractivity contribution is 0.0904. The van der Waals surface area contributed by atoms with Gasteiger partial charge in [-0.3, -0.25) is 4.79 Å². The standard InChI is InChI=1S/C10H9ClO2/c11-8-5-9(12)6-3-1-2-4-7(6)10(8)13/h1-4,8-9,12H,5H2/t8-,9+/m1/s1. The molecule has 1 aromatic carbocycles. The fourth-order valence-electron chi connectivity index (χ4n) is 1.61. The summed E-state index contributed by atoms with van der Waals surface area (Å²) in [7, 11) is 0. The van der Waals surface area contributed by atoms with E-state index >= 15 is 0 Å². The Morgan fingerprint density at radius 2 is 2.08 bits per heavy atom. The summed E-state index contributed by atoms with van der Waals surface area (Å²) in [6.07, 6.45) is -0.284. The molecule has 2 atom stereocenters. The summed E-state index contributed by atoms with van der Waals surface area (Å²) in [6, 6.07) is 7.05. The summed E-state index contributed by atoms with van der Waals surface area (Å²) in [5.74, 6) is -0.0810. The third-order valence-corrected chi connectivity index (χ3v) is 2.68. The van der Waals surface area contributed by atoms with Crippen molar-refractivity contribution in [1.29, 1.82) is 0 Å². The van der Waals surface area contributed by atoms with Crippen LogP contribution in [0.3, 0.4) is 0 Å². The lowest BCUT2D eigenvalue weighted by Gasteiger charge is -2.23. The Bertz CT molecular complexity index is 349. The molecule has 0 saturated heterocycles. The fraction of sp³-hybridized carbons (Fsp3) is 0.300. The number of fused-ring (bicyclic) bond motifs is 1. The molecule has 0 spiro atoms. The molecule has 0 heterocycles. The Kier molecular flexibility index (Phi) is 2.10. The number of ketones is 1. The first-order valence-electron chi connectivity index (χ1n) is 4.15. The Balaban J connectivity index is 2.54. The minimum absolute atomic E-state index is 0.0810. The molecule has 0 fully saturated rings. The summed E-state index contributed by atoms with van der Waals surface area (Å²) in [4.78, 5) is 11.5. The second kappa shape index (κ2) is 3.13. The number of benzene rings is 1. The summed E-state index contributed by atoms with van der Waals surface area (Å²) >= 11 is 5.78. The van der Waals surface area contributed by atoms with Crippen molar-refractivity contribution in [3.8, 4) is 0 Å². The fourth-order valence-corrected chi connectivity index (χ4v) is 1.90. The number of carbonyl (C=O) groups is 1. The van der Waals surface area contributed by atoms with Crippen molar-refractivity contribution in [3.63, 3.8) is 0 Å². The Labute approximate surface area is 81.1 Å². The molecule has 68 valence electrons. The predicted molar refractivity (Wildman–Crippen MR) is 50.0 cm³/mol. The van der Waals surface area contributed by atoms with Crippen molar-refractivity contribution in [1.82, 2.24) is 0 Å². The van der Waals surface area contributed by atoms with Crippen LogP contribution in [0.4, 0.5) is 0 Å². The van der Waals surface area contributed by atoms with Crippen molar-refractivity contribution in [2.45, 2.75) is 17.9 Å². The van der Waals surface area contributed by atoms with E-state index in [0.717, 1.165) is 0 Å². The zero-order valence-corrected chi connectivity index (χ0v) is 7.66. The number of hydrogen-bond donors (Lipinski definition) is 1. The number of rotatable bonds is 0. The lowest BCUT2D eigenvalue weighted by atomic mass is 9.88. The largest absolute Gasteiger partial charge is 0.388 e. The lowest BCUT2D eigenvalue weighted by Crippen LogP contribution is -2.25. The molecule has 0 radical (unpaired) electrons. The van der Waals surface area contributed by atoms with Gasteiger partial charge in [0.1, 0.15) is 0 Å². The van der Waals surface area contributed by atoms with Gasteiger partial charge in [0, 0.05) is 12.0 Å². The molecule has 3 heteroatoms.